The van der Waals surface area contributed by atoms with Gasteiger partial charge in [0.2, 0.25) is 0 Å². The van der Waals surface area contributed by atoms with Crippen LogP contribution in [-0.4, -0.2) is 26.6 Å². The number of hydrogen-bond acceptors (Lipinski definition) is 3. The molecule has 0 saturated carbocycles. The molecule has 0 bridgehead atoms. The number of carboxylic acid groups (broad SMARTS) is 1. The van der Waals surface area contributed by atoms with Crippen LogP contribution in [0.15, 0.2) is 53.0 Å². The summed E-state index contributed by atoms with van der Waals surface area (Å²) in [6.45, 7) is 0. The summed E-state index contributed by atoms with van der Waals surface area (Å²) in [6, 6.07) is 12.0. The van der Waals surface area contributed by atoms with Crippen LogP contribution in [-0.2, 0) is 0 Å². The predicted octanol–water partition coefficient (Wildman–Crippen LogP) is 2.58. The second-order valence-corrected chi connectivity index (χ2v) is 2.80. The Kier molecular flexibility index (Phi) is 4.89. The zero-order chi connectivity index (χ0) is 12.5. The molecular weight excluding hydrogens is 224 g/mol. The average molecular weight is 234 g/mol. The number of amides is 1. The van der Waals surface area contributed by atoms with Gasteiger partial charge in [0.25, 0.3) is 0 Å². The highest BCUT2D eigenvalue weighted by atomic mass is 16.5. The molecule has 1 heterocycles. The van der Waals surface area contributed by atoms with Crippen molar-refractivity contribution in [2.45, 2.75) is 0 Å². The van der Waals surface area contributed by atoms with E-state index in [0.29, 0.717) is 0 Å². The highest BCUT2D eigenvalue weighted by Crippen LogP contribution is 2.13. The van der Waals surface area contributed by atoms with Crippen molar-refractivity contribution in [3.8, 4) is 11.3 Å². The molecule has 88 valence electrons. The van der Waals surface area contributed by atoms with Crippen molar-refractivity contribution in [2.75, 3.05) is 0 Å². The van der Waals surface area contributed by atoms with Crippen LogP contribution in [0.5, 0.6) is 0 Å². The summed E-state index contributed by atoms with van der Waals surface area (Å²) in [5.74, 6) is 0. The first-order chi connectivity index (χ1) is 8.24. The highest BCUT2D eigenvalue weighted by molar-refractivity contribution is 5.64. The molecule has 1 aromatic heterocycles. The van der Waals surface area contributed by atoms with Gasteiger partial charge in [0.05, 0.1) is 5.69 Å². The standard InChI is InChI=1S/C9H8N2.CH2N2O3/c1-2-4-8(5-3-1)9-6-7-10-11-9;4-1(5)2-3-6/h1-7H,(H,10,11);(H,2,6)(H,4,5). The maximum absolute atomic E-state index is 9.18. The second-order valence-electron chi connectivity index (χ2n) is 2.80. The first-order valence-corrected chi connectivity index (χ1v) is 4.57. The van der Waals surface area contributed by atoms with Crippen molar-refractivity contribution >= 4 is 6.09 Å². The van der Waals surface area contributed by atoms with Crippen LogP contribution >= 0.6 is 0 Å². The second kappa shape index (κ2) is 6.72. The fourth-order valence-electron chi connectivity index (χ4n) is 1.07. The van der Waals surface area contributed by atoms with Crippen molar-refractivity contribution in [3.05, 3.63) is 42.6 Å². The Balaban J connectivity index is 0.000000209. The Morgan fingerprint density at radius 2 is 1.94 bits per heavy atom. The summed E-state index contributed by atoms with van der Waals surface area (Å²) in [6.07, 6.45) is 0.319. The third-order valence-electron chi connectivity index (χ3n) is 1.70. The van der Waals surface area contributed by atoms with E-state index in [1.54, 1.807) is 0 Å². The molecule has 0 aliphatic heterocycles. The maximum Gasteiger partial charge on any atom is 0.452 e. The van der Waals surface area contributed by atoms with E-state index in [2.05, 4.69) is 15.3 Å². The van der Waals surface area contributed by atoms with Gasteiger partial charge in [0.15, 0.2) is 0 Å². The fraction of sp³-hybridized carbons (Fsp3) is 0. The Labute approximate surface area is 96.4 Å². The van der Waals surface area contributed by atoms with Gasteiger partial charge in [-0.05, 0) is 11.2 Å². The Hall–Kier alpha value is -2.70. The normalized spacial score (nSPS) is 9.65. The van der Waals surface area contributed by atoms with Crippen molar-refractivity contribution in [3.63, 3.8) is 0 Å². The first kappa shape index (κ1) is 12.4. The molecule has 0 unspecified atom stereocenters. The van der Waals surface area contributed by atoms with Crippen LogP contribution in [0.3, 0.4) is 0 Å². The third-order valence-corrected chi connectivity index (χ3v) is 1.70. The number of hydrogen-bond donors (Lipinski definition) is 3. The van der Waals surface area contributed by atoms with E-state index < -0.39 is 6.09 Å². The number of rotatable bonds is 1. The number of aromatic nitrogens is 2. The van der Waals surface area contributed by atoms with Crippen LogP contribution in [0.4, 0.5) is 4.79 Å². The van der Waals surface area contributed by atoms with Crippen LogP contribution in [0, 0.1) is 0 Å². The van der Waals surface area contributed by atoms with Crippen molar-refractivity contribution in [2.24, 2.45) is 10.4 Å². The lowest BCUT2D eigenvalue weighted by Gasteiger charge is -1.91. The van der Waals surface area contributed by atoms with Crippen molar-refractivity contribution in [1.82, 2.24) is 10.2 Å². The van der Waals surface area contributed by atoms with E-state index in [0.717, 1.165) is 11.3 Å². The number of aromatic amines is 1. The molecule has 0 radical (unpaired) electrons. The lowest BCUT2D eigenvalue weighted by Crippen LogP contribution is -1.79. The molecule has 2 aromatic rings. The summed E-state index contributed by atoms with van der Waals surface area (Å²) < 4.78 is 0. The summed E-state index contributed by atoms with van der Waals surface area (Å²) in [5, 5.41) is 25.8. The molecule has 0 aliphatic carbocycles. The summed E-state index contributed by atoms with van der Waals surface area (Å²) in [7, 11) is 0. The lowest BCUT2D eigenvalue weighted by molar-refractivity contribution is 0.194. The largest absolute Gasteiger partial charge is 0.462 e. The zero-order valence-electron chi connectivity index (χ0n) is 8.69. The zero-order valence-corrected chi connectivity index (χ0v) is 8.69. The van der Waals surface area contributed by atoms with E-state index >= 15 is 0 Å². The molecule has 0 fully saturated rings. The monoisotopic (exact) mass is 234 g/mol. The van der Waals surface area contributed by atoms with Crippen LogP contribution in [0.1, 0.15) is 0 Å². The smallest absolute Gasteiger partial charge is 0.452 e. The number of nitrogens with one attached hydrogen (secondary N) is 1. The molecule has 0 atom stereocenters. The van der Waals surface area contributed by atoms with Gasteiger partial charge in [-0.15, -0.1) is 0 Å². The average Bonchev–Trinajstić information content (AvgIpc) is 2.84. The Bertz CT molecular complexity index is 468. The van der Waals surface area contributed by atoms with Gasteiger partial charge in [-0.1, -0.05) is 30.3 Å². The van der Waals surface area contributed by atoms with Crippen LogP contribution in [0.2, 0.25) is 0 Å². The predicted molar refractivity (Wildman–Crippen MR) is 58.7 cm³/mol. The molecule has 0 saturated heterocycles. The Morgan fingerprint density at radius 1 is 1.24 bits per heavy atom. The van der Waals surface area contributed by atoms with Crippen molar-refractivity contribution < 1.29 is 15.1 Å². The SMILES string of the molecule is O=C(O)N=NO.c1ccc(-c2cc[nH]n2)cc1. The topological polar surface area (TPSA) is 111 Å². The van der Waals surface area contributed by atoms with Gasteiger partial charge >= 0.3 is 6.09 Å². The summed E-state index contributed by atoms with van der Waals surface area (Å²) in [4.78, 5) is 9.18. The first-order valence-electron chi connectivity index (χ1n) is 4.57. The third kappa shape index (κ3) is 4.56. The number of H-pyrrole nitrogens is 1. The van der Waals surface area contributed by atoms with Crippen LogP contribution < -0.4 is 0 Å². The van der Waals surface area contributed by atoms with E-state index in [4.69, 9.17) is 10.3 Å². The lowest BCUT2D eigenvalue weighted by atomic mass is 10.2. The molecular formula is C10H10N4O3. The quantitative estimate of drug-likeness (QED) is 0.520. The minimum atomic E-state index is -1.50. The fourth-order valence-corrected chi connectivity index (χ4v) is 1.07. The van der Waals surface area contributed by atoms with Gasteiger partial charge in [-0.3, -0.25) is 5.10 Å². The molecule has 3 N–H and O–H groups in total. The van der Waals surface area contributed by atoms with E-state index in [9.17, 15) is 4.79 Å². The molecule has 7 heteroatoms. The van der Waals surface area contributed by atoms with Gasteiger partial charge in [-0.2, -0.15) is 5.10 Å². The molecule has 0 spiro atoms. The molecule has 7 nitrogen and oxygen atoms in total. The van der Waals surface area contributed by atoms with Gasteiger partial charge in [0, 0.05) is 17.0 Å². The van der Waals surface area contributed by atoms with Crippen LogP contribution in [0.25, 0.3) is 11.3 Å². The minimum Gasteiger partial charge on any atom is -0.462 e. The van der Waals surface area contributed by atoms with E-state index in [-0.39, 0.29) is 0 Å². The van der Waals surface area contributed by atoms with E-state index in [1.165, 1.54) is 0 Å². The van der Waals surface area contributed by atoms with Gasteiger partial charge in [-0.25, -0.2) is 4.79 Å². The Morgan fingerprint density at radius 3 is 2.35 bits per heavy atom. The summed E-state index contributed by atoms with van der Waals surface area (Å²) >= 11 is 0. The van der Waals surface area contributed by atoms with Gasteiger partial charge in [0.1, 0.15) is 0 Å². The molecule has 2 rings (SSSR count). The number of benzene rings is 1. The molecule has 1 aromatic carbocycles. The summed E-state index contributed by atoms with van der Waals surface area (Å²) in [5.41, 5.74) is 2.14. The number of carbonyl (C=O) groups is 1. The number of nitrogens with zero attached hydrogens (tertiary/aromatic N) is 3. The van der Waals surface area contributed by atoms with E-state index in [1.807, 2.05) is 47.9 Å². The molecule has 0 aliphatic rings. The maximum atomic E-state index is 9.18. The highest BCUT2D eigenvalue weighted by Gasteiger charge is 1.95. The van der Waals surface area contributed by atoms with Crippen molar-refractivity contribution in [1.29, 1.82) is 0 Å². The van der Waals surface area contributed by atoms with Gasteiger partial charge < -0.3 is 10.3 Å². The minimum absolute atomic E-state index is 0.991. The molecule has 1 amide bonds. The molecule has 17 heavy (non-hydrogen) atoms.